The van der Waals surface area contributed by atoms with Crippen LogP contribution in [0.1, 0.15) is 48.5 Å². The SMILES string of the molecule is Cc1ccc(C)c(NC(=O)C(Sc2nnc(C(C)(C)C)n2N)c2ccccc2)c1. The zero-order chi connectivity index (χ0) is 21.2. The zero-order valence-electron chi connectivity index (χ0n) is 17.4. The van der Waals surface area contributed by atoms with Crippen molar-refractivity contribution in [3.63, 3.8) is 0 Å². The number of aryl methyl sites for hydroxylation is 2. The molecule has 29 heavy (non-hydrogen) atoms. The Labute approximate surface area is 175 Å². The number of nitrogens with two attached hydrogens (primary N) is 1. The van der Waals surface area contributed by atoms with Crippen LogP contribution in [0.4, 0.5) is 5.69 Å². The van der Waals surface area contributed by atoms with E-state index < -0.39 is 5.25 Å². The molecule has 0 saturated heterocycles. The fourth-order valence-corrected chi connectivity index (χ4v) is 3.90. The van der Waals surface area contributed by atoms with Gasteiger partial charge in [-0.1, -0.05) is 75.0 Å². The Hall–Kier alpha value is -2.80. The van der Waals surface area contributed by atoms with Crippen molar-refractivity contribution in [3.05, 3.63) is 71.0 Å². The molecule has 0 fully saturated rings. The number of hydrogen-bond donors (Lipinski definition) is 2. The molecule has 7 heteroatoms. The first-order valence-electron chi connectivity index (χ1n) is 9.47. The van der Waals surface area contributed by atoms with Gasteiger partial charge in [0.05, 0.1) is 0 Å². The van der Waals surface area contributed by atoms with Gasteiger partial charge in [-0.05, 0) is 36.6 Å². The van der Waals surface area contributed by atoms with Gasteiger partial charge < -0.3 is 11.2 Å². The second-order valence-electron chi connectivity index (χ2n) is 8.14. The van der Waals surface area contributed by atoms with Crippen LogP contribution in [0.25, 0.3) is 0 Å². The fourth-order valence-electron chi connectivity index (χ4n) is 2.94. The van der Waals surface area contributed by atoms with E-state index in [4.69, 9.17) is 5.84 Å². The lowest BCUT2D eigenvalue weighted by molar-refractivity contribution is -0.115. The molecule has 0 bridgehead atoms. The summed E-state index contributed by atoms with van der Waals surface area (Å²) >= 11 is 1.30. The maximum Gasteiger partial charge on any atom is 0.242 e. The molecule has 1 unspecified atom stereocenters. The standard InChI is InChI=1S/C22H27N5OS/c1-14-11-12-15(2)17(13-14)24-19(28)18(16-9-7-6-8-10-16)29-21-26-25-20(27(21)23)22(3,4)5/h6-13,18H,23H2,1-5H3,(H,24,28). The molecule has 0 aliphatic rings. The third-order valence-corrected chi connectivity index (χ3v) is 5.76. The van der Waals surface area contributed by atoms with Crippen molar-refractivity contribution < 1.29 is 4.79 Å². The molecule has 2 aromatic carbocycles. The van der Waals surface area contributed by atoms with Crippen molar-refractivity contribution in [2.75, 3.05) is 11.2 Å². The monoisotopic (exact) mass is 409 g/mol. The minimum absolute atomic E-state index is 0.129. The molecule has 1 amide bonds. The van der Waals surface area contributed by atoms with E-state index in [0.717, 1.165) is 22.4 Å². The number of carbonyl (C=O) groups is 1. The van der Waals surface area contributed by atoms with E-state index in [1.807, 2.05) is 83.1 Å². The summed E-state index contributed by atoms with van der Waals surface area (Å²) in [5.41, 5.74) is 3.54. The largest absolute Gasteiger partial charge is 0.336 e. The van der Waals surface area contributed by atoms with Crippen molar-refractivity contribution in [2.45, 2.75) is 50.4 Å². The molecule has 6 nitrogen and oxygen atoms in total. The number of nitrogen functional groups attached to an aromatic ring is 1. The van der Waals surface area contributed by atoms with E-state index in [1.165, 1.54) is 16.4 Å². The third-order valence-electron chi connectivity index (χ3n) is 4.55. The Morgan fingerprint density at radius 2 is 1.79 bits per heavy atom. The van der Waals surface area contributed by atoms with Crippen molar-refractivity contribution in [1.82, 2.24) is 14.9 Å². The van der Waals surface area contributed by atoms with Crippen LogP contribution in [-0.4, -0.2) is 20.8 Å². The molecule has 0 aliphatic carbocycles. The molecule has 152 valence electrons. The summed E-state index contributed by atoms with van der Waals surface area (Å²) in [6.45, 7) is 10.1. The van der Waals surface area contributed by atoms with Crippen LogP contribution in [0.15, 0.2) is 53.7 Å². The lowest BCUT2D eigenvalue weighted by Crippen LogP contribution is -2.25. The van der Waals surface area contributed by atoms with Crippen molar-refractivity contribution in [1.29, 1.82) is 0 Å². The van der Waals surface area contributed by atoms with Crippen LogP contribution < -0.4 is 11.2 Å². The first kappa shape index (κ1) is 20.9. The topological polar surface area (TPSA) is 85.8 Å². The predicted octanol–water partition coefficient (Wildman–Crippen LogP) is 4.38. The van der Waals surface area contributed by atoms with Crippen LogP contribution in [0, 0.1) is 13.8 Å². The van der Waals surface area contributed by atoms with Crippen molar-refractivity contribution >= 4 is 23.4 Å². The number of nitrogens with zero attached hydrogens (tertiary/aromatic N) is 3. The summed E-state index contributed by atoms with van der Waals surface area (Å²) in [7, 11) is 0. The summed E-state index contributed by atoms with van der Waals surface area (Å²) in [5.74, 6) is 6.79. The van der Waals surface area contributed by atoms with Gasteiger partial charge in [-0.2, -0.15) is 0 Å². The molecular weight excluding hydrogens is 382 g/mol. The molecule has 3 aromatic rings. The average Bonchev–Trinajstić information content (AvgIpc) is 3.04. The molecule has 1 atom stereocenters. The van der Waals surface area contributed by atoms with E-state index >= 15 is 0 Å². The van der Waals surface area contributed by atoms with Gasteiger partial charge in [0.1, 0.15) is 5.25 Å². The summed E-state index contributed by atoms with van der Waals surface area (Å²) in [5, 5.41) is 11.5. The van der Waals surface area contributed by atoms with Crippen LogP contribution in [0.5, 0.6) is 0 Å². The first-order chi connectivity index (χ1) is 13.7. The molecule has 0 saturated carbocycles. The highest BCUT2D eigenvalue weighted by Gasteiger charge is 2.28. The Morgan fingerprint density at radius 1 is 1.10 bits per heavy atom. The molecule has 3 N–H and O–H groups in total. The molecule has 0 radical (unpaired) electrons. The molecular formula is C22H27N5OS. The molecule has 0 aliphatic heterocycles. The lowest BCUT2D eigenvalue weighted by atomic mass is 9.96. The quantitative estimate of drug-likeness (QED) is 0.482. The number of hydrogen-bond acceptors (Lipinski definition) is 5. The Morgan fingerprint density at radius 3 is 2.41 bits per heavy atom. The van der Waals surface area contributed by atoms with Gasteiger partial charge in [0.25, 0.3) is 0 Å². The lowest BCUT2D eigenvalue weighted by Gasteiger charge is -2.19. The number of aromatic nitrogens is 3. The summed E-state index contributed by atoms with van der Waals surface area (Å²) in [4.78, 5) is 13.3. The molecule has 3 rings (SSSR count). The minimum Gasteiger partial charge on any atom is -0.336 e. The number of rotatable bonds is 5. The summed E-state index contributed by atoms with van der Waals surface area (Å²) in [6.07, 6.45) is 0. The van der Waals surface area contributed by atoms with E-state index in [-0.39, 0.29) is 11.3 Å². The number of anilines is 1. The zero-order valence-corrected chi connectivity index (χ0v) is 18.2. The highest BCUT2D eigenvalue weighted by Crippen LogP contribution is 2.36. The second-order valence-corrected chi connectivity index (χ2v) is 9.21. The third kappa shape index (κ3) is 4.79. The normalized spacial score (nSPS) is 12.6. The average molecular weight is 410 g/mol. The smallest absolute Gasteiger partial charge is 0.242 e. The van der Waals surface area contributed by atoms with Crippen LogP contribution in [0.2, 0.25) is 0 Å². The molecule has 0 spiro atoms. The van der Waals surface area contributed by atoms with Crippen molar-refractivity contribution in [2.24, 2.45) is 0 Å². The first-order valence-corrected chi connectivity index (χ1v) is 10.4. The van der Waals surface area contributed by atoms with Gasteiger partial charge >= 0.3 is 0 Å². The molecule has 1 heterocycles. The van der Waals surface area contributed by atoms with Gasteiger partial charge in [0, 0.05) is 11.1 Å². The number of carbonyl (C=O) groups excluding carboxylic acids is 1. The highest BCUT2D eigenvalue weighted by atomic mass is 32.2. The van der Waals surface area contributed by atoms with Gasteiger partial charge in [-0.3, -0.25) is 4.79 Å². The summed E-state index contributed by atoms with van der Waals surface area (Å²) < 4.78 is 1.48. The van der Waals surface area contributed by atoms with Crippen molar-refractivity contribution in [3.8, 4) is 0 Å². The van der Waals surface area contributed by atoms with Crippen LogP contribution >= 0.6 is 11.8 Å². The fraction of sp³-hybridized carbons (Fsp3) is 0.318. The number of thioether (sulfide) groups is 1. The van der Waals surface area contributed by atoms with E-state index in [0.29, 0.717) is 11.0 Å². The number of amides is 1. The van der Waals surface area contributed by atoms with Crippen LogP contribution in [-0.2, 0) is 10.2 Å². The minimum atomic E-state index is -0.518. The van der Waals surface area contributed by atoms with Gasteiger partial charge in [0.15, 0.2) is 5.82 Å². The Balaban J connectivity index is 1.93. The highest BCUT2D eigenvalue weighted by molar-refractivity contribution is 8.00. The van der Waals surface area contributed by atoms with Gasteiger partial charge in [-0.15, -0.1) is 10.2 Å². The summed E-state index contributed by atoms with van der Waals surface area (Å²) in [6, 6.07) is 15.6. The van der Waals surface area contributed by atoms with Gasteiger partial charge in [0.2, 0.25) is 11.1 Å². The van der Waals surface area contributed by atoms with E-state index in [2.05, 4.69) is 15.5 Å². The van der Waals surface area contributed by atoms with E-state index in [1.54, 1.807) is 0 Å². The number of nitrogens with one attached hydrogen (secondary N) is 1. The van der Waals surface area contributed by atoms with Gasteiger partial charge in [-0.25, -0.2) is 4.68 Å². The predicted molar refractivity (Wildman–Crippen MR) is 118 cm³/mol. The maximum atomic E-state index is 13.3. The second kappa shape index (κ2) is 8.29. The Bertz CT molecular complexity index is 1010. The maximum absolute atomic E-state index is 13.3. The van der Waals surface area contributed by atoms with Crippen LogP contribution in [0.3, 0.4) is 0 Å². The van der Waals surface area contributed by atoms with E-state index in [9.17, 15) is 4.79 Å². The molecule has 1 aromatic heterocycles. The number of benzene rings is 2. The Kier molecular flexibility index (Phi) is 5.98.